The molecule has 3 nitrogen and oxygen atoms in total. The molecule has 0 bridgehead atoms. The van der Waals surface area contributed by atoms with Crippen LogP contribution in [0.1, 0.15) is 18.4 Å². The number of alkyl halides is 1. The van der Waals surface area contributed by atoms with Crippen molar-refractivity contribution in [2.24, 2.45) is 0 Å². The molecule has 0 aromatic heterocycles. The van der Waals surface area contributed by atoms with Gasteiger partial charge in [0, 0.05) is 9.49 Å². The highest BCUT2D eigenvalue weighted by Gasteiger charge is 2.42. The summed E-state index contributed by atoms with van der Waals surface area (Å²) < 4.78 is 0.201. The second kappa shape index (κ2) is 3.66. The van der Waals surface area contributed by atoms with Gasteiger partial charge in [0.1, 0.15) is 0 Å². The first-order valence-corrected chi connectivity index (χ1v) is 6.55. The van der Waals surface area contributed by atoms with Gasteiger partial charge in [-0.3, -0.25) is 10.1 Å². The lowest BCUT2D eigenvalue weighted by Crippen LogP contribution is -1.98. The number of nitrogens with zero attached hydrogens (tertiary/aromatic N) is 1. The Morgan fingerprint density at radius 1 is 1.12 bits per heavy atom. The number of fused-ring (bicyclic) bond motifs is 1. The van der Waals surface area contributed by atoms with E-state index in [0.29, 0.717) is 0 Å². The molecule has 0 spiro atoms. The lowest BCUT2D eigenvalue weighted by molar-refractivity contribution is -0.383. The van der Waals surface area contributed by atoms with Gasteiger partial charge in [0.05, 0.1) is 10.3 Å². The maximum atomic E-state index is 11.0. The minimum absolute atomic E-state index is 0.199. The van der Waals surface area contributed by atoms with Gasteiger partial charge in [0.2, 0.25) is 0 Å². The van der Waals surface area contributed by atoms with Gasteiger partial charge >= 0.3 is 0 Å². The number of hydrogen-bond acceptors (Lipinski definition) is 2. The second-order valence-electron chi connectivity index (χ2n) is 4.40. The number of nitro groups is 1. The van der Waals surface area contributed by atoms with Gasteiger partial charge in [-0.1, -0.05) is 46.9 Å². The Morgan fingerprint density at radius 2 is 1.76 bits per heavy atom. The normalized spacial score (nSPS) is 17.0. The molecule has 0 atom stereocenters. The summed E-state index contributed by atoms with van der Waals surface area (Å²) in [6.07, 6.45) is 2.32. The summed E-state index contributed by atoms with van der Waals surface area (Å²) >= 11 is 2.46. The zero-order valence-corrected chi connectivity index (χ0v) is 11.2. The number of rotatable bonds is 2. The zero-order valence-electron chi connectivity index (χ0n) is 9.02. The molecule has 86 valence electrons. The largest absolute Gasteiger partial charge is 0.277 e. The monoisotopic (exact) mass is 339 g/mol. The number of benzene rings is 2. The summed E-state index contributed by atoms with van der Waals surface area (Å²) in [6, 6.07) is 11.2. The molecular weight excluding hydrogens is 329 g/mol. The fourth-order valence-corrected chi connectivity index (χ4v) is 2.95. The first kappa shape index (κ1) is 11.0. The minimum Gasteiger partial charge on any atom is -0.258 e. The van der Waals surface area contributed by atoms with Crippen LogP contribution in [0.4, 0.5) is 5.69 Å². The quantitative estimate of drug-likeness (QED) is 0.357. The molecule has 2 aromatic rings. The Kier molecular flexibility index (Phi) is 2.36. The van der Waals surface area contributed by atoms with Crippen molar-refractivity contribution in [2.45, 2.75) is 16.3 Å². The summed E-state index contributed by atoms with van der Waals surface area (Å²) in [6.45, 7) is 0. The van der Waals surface area contributed by atoms with Crippen LogP contribution in [-0.2, 0) is 3.42 Å². The average molecular weight is 339 g/mol. The molecule has 1 aliphatic rings. The molecule has 0 unspecified atom stereocenters. The van der Waals surface area contributed by atoms with E-state index in [0.717, 1.165) is 23.6 Å². The molecule has 0 radical (unpaired) electrons. The SMILES string of the molecule is O=[N+]([O-])c1ccc(C2(I)CC2)c2ccccc12. The van der Waals surface area contributed by atoms with E-state index in [1.54, 1.807) is 6.07 Å². The van der Waals surface area contributed by atoms with Crippen molar-refractivity contribution >= 4 is 39.1 Å². The standard InChI is InChI=1S/C13H10INO2/c14-13(7-8-13)11-5-6-12(15(16)17)10-4-2-1-3-9(10)11/h1-6H,7-8H2. The van der Waals surface area contributed by atoms with E-state index >= 15 is 0 Å². The third-order valence-corrected chi connectivity index (χ3v) is 4.93. The first-order chi connectivity index (χ1) is 8.12. The molecule has 17 heavy (non-hydrogen) atoms. The van der Waals surface area contributed by atoms with E-state index in [4.69, 9.17) is 0 Å². The number of nitro benzene ring substituents is 1. The van der Waals surface area contributed by atoms with Crippen LogP contribution in [-0.4, -0.2) is 4.92 Å². The van der Waals surface area contributed by atoms with Crippen LogP contribution >= 0.6 is 22.6 Å². The summed E-state index contributed by atoms with van der Waals surface area (Å²) in [5.74, 6) is 0. The van der Waals surface area contributed by atoms with Gasteiger partial charge in [0.25, 0.3) is 5.69 Å². The fraction of sp³-hybridized carbons (Fsp3) is 0.231. The lowest BCUT2D eigenvalue weighted by atomic mass is 10.00. The van der Waals surface area contributed by atoms with Gasteiger partial charge in [-0.15, -0.1) is 0 Å². The molecule has 0 amide bonds. The minimum atomic E-state index is -0.307. The van der Waals surface area contributed by atoms with E-state index in [1.807, 2.05) is 30.3 Å². The molecule has 0 N–H and O–H groups in total. The summed E-state index contributed by atoms with van der Waals surface area (Å²) in [4.78, 5) is 10.7. The highest BCUT2D eigenvalue weighted by atomic mass is 127. The fourth-order valence-electron chi connectivity index (χ4n) is 2.21. The number of halogens is 1. The summed E-state index contributed by atoms with van der Waals surface area (Å²) in [5.41, 5.74) is 1.43. The molecule has 4 heteroatoms. The number of hydrogen-bond donors (Lipinski definition) is 0. The van der Waals surface area contributed by atoms with Crippen LogP contribution < -0.4 is 0 Å². The predicted molar refractivity (Wildman–Crippen MR) is 75.5 cm³/mol. The molecule has 1 aliphatic carbocycles. The Morgan fingerprint density at radius 3 is 2.35 bits per heavy atom. The van der Waals surface area contributed by atoms with E-state index in [9.17, 15) is 10.1 Å². The smallest absolute Gasteiger partial charge is 0.258 e. The first-order valence-electron chi connectivity index (χ1n) is 5.47. The molecule has 0 heterocycles. The highest BCUT2D eigenvalue weighted by Crippen LogP contribution is 2.56. The Balaban J connectivity index is 2.34. The van der Waals surface area contributed by atoms with Crippen LogP contribution in [0.5, 0.6) is 0 Å². The van der Waals surface area contributed by atoms with Gasteiger partial charge in [-0.25, -0.2) is 0 Å². The molecule has 0 saturated heterocycles. The molecule has 3 rings (SSSR count). The van der Waals surface area contributed by atoms with Gasteiger partial charge in [-0.05, 0) is 29.9 Å². The Hall–Kier alpha value is -1.17. The van der Waals surface area contributed by atoms with Gasteiger partial charge < -0.3 is 0 Å². The van der Waals surface area contributed by atoms with E-state index in [2.05, 4.69) is 22.6 Å². The van der Waals surface area contributed by atoms with Crippen LogP contribution in [0.15, 0.2) is 36.4 Å². The van der Waals surface area contributed by atoms with E-state index in [1.165, 1.54) is 5.56 Å². The molecular formula is C13H10INO2. The van der Waals surface area contributed by atoms with Crippen molar-refractivity contribution in [1.29, 1.82) is 0 Å². The molecule has 0 aliphatic heterocycles. The highest BCUT2D eigenvalue weighted by molar-refractivity contribution is 14.1. The maximum Gasteiger partial charge on any atom is 0.277 e. The van der Waals surface area contributed by atoms with Crippen molar-refractivity contribution in [3.63, 3.8) is 0 Å². The molecule has 1 saturated carbocycles. The Labute approximate surface area is 112 Å². The van der Waals surface area contributed by atoms with Crippen LogP contribution in [0, 0.1) is 10.1 Å². The van der Waals surface area contributed by atoms with Gasteiger partial charge in [-0.2, -0.15) is 0 Å². The topological polar surface area (TPSA) is 43.1 Å². The van der Waals surface area contributed by atoms with Crippen molar-refractivity contribution in [1.82, 2.24) is 0 Å². The molecule has 1 fully saturated rings. The van der Waals surface area contributed by atoms with E-state index < -0.39 is 0 Å². The van der Waals surface area contributed by atoms with Crippen LogP contribution in [0.2, 0.25) is 0 Å². The van der Waals surface area contributed by atoms with Crippen molar-refractivity contribution < 1.29 is 4.92 Å². The van der Waals surface area contributed by atoms with Crippen molar-refractivity contribution in [3.8, 4) is 0 Å². The van der Waals surface area contributed by atoms with Crippen LogP contribution in [0.3, 0.4) is 0 Å². The molecule has 2 aromatic carbocycles. The zero-order chi connectivity index (χ0) is 12.0. The summed E-state index contributed by atoms with van der Waals surface area (Å²) in [7, 11) is 0. The Bertz CT molecular complexity index is 620. The number of non-ortho nitro benzene ring substituents is 1. The summed E-state index contributed by atoms with van der Waals surface area (Å²) in [5, 5.41) is 12.8. The maximum absolute atomic E-state index is 11.0. The third kappa shape index (κ3) is 1.71. The van der Waals surface area contributed by atoms with Crippen molar-refractivity contribution in [2.75, 3.05) is 0 Å². The van der Waals surface area contributed by atoms with Gasteiger partial charge in [0.15, 0.2) is 0 Å². The van der Waals surface area contributed by atoms with Crippen molar-refractivity contribution in [3.05, 3.63) is 52.1 Å². The predicted octanol–water partition coefficient (Wildman–Crippen LogP) is 4.17. The lowest BCUT2D eigenvalue weighted by Gasteiger charge is -2.11. The second-order valence-corrected chi connectivity index (χ2v) is 6.47. The third-order valence-electron chi connectivity index (χ3n) is 3.27. The van der Waals surface area contributed by atoms with Crippen LogP contribution in [0.25, 0.3) is 10.8 Å². The van der Waals surface area contributed by atoms with E-state index in [-0.39, 0.29) is 14.0 Å². The average Bonchev–Trinajstić information content (AvgIpc) is 3.06.